The van der Waals surface area contributed by atoms with Crippen molar-refractivity contribution in [2.24, 2.45) is 0 Å². The molecular weight excluding hydrogens is 291 g/mol. The molecule has 114 valence electrons. The lowest BCUT2D eigenvalue weighted by molar-refractivity contribution is -0.274. The van der Waals surface area contributed by atoms with E-state index in [-0.39, 0.29) is 5.70 Å². The fraction of sp³-hybridized carbons (Fsp3) is 0.231. The molecule has 1 aromatic rings. The lowest BCUT2D eigenvalue weighted by Crippen LogP contribution is -2.25. The average Bonchev–Trinajstić information content (AvgIpc) is 2.37. The van der Waals surface area contributed by atoms with Crippen molar-refractivity contribution < 1.29 is 32.2 Å². The van der Waals surface area contributed by atoms with Gasteiger partial charge in [0.05, 0.1) is 7.11 Å². The van der Waals surface area contributed by atoms with E-state index in [1.165, 1.54) is 25.1 Å². The summed E-state index contributed by atoms with van der Waals surface area (Å²) in [5.41, 5.74) is 0.258. The first-order chi connectivity index (χ1) is 9.71. The van der Waals surface area contributed by atoms with Crippen LogP contribution in [0.4, 0.5) is 13.2 Å². The highest BCUT2D eigenvalue weighted by Gasteiger charge is 2.30. The number of rotatable bonds is 4. The maximum absolute atomic E-state index is 12.0. The van der Waals surface area contributed by atoms with Crippen molar-refractivity contribution in [2.75, 3.05) is 7.11 Å². The Morgan fingerprint density at radius 3 is 2.19 bits per heavy atom. The van der Waals surface area contributed by atoms with Gasteiger partial charge in [0.25, 0.3) is 0 Å². The average molecular weight is 303 g/mol. The first-order valence-corrected chi connectivity index (χ1v) is 5.64. The van der Waals surface area contributed by atoms with Crippen LogP contribution >= 0.6 is 0 Å². The summed E-state index contributed by atoms with van der Waals surface area (Å²) in [5, 5.41) is 2.27. The molecule has 5 nitrogen and oxygen atoms in total. The Morgan fingerprint density at radius 2 is 1.76 bits per heavy atom. The van der Waals surface area contributed by atoms with E-state index in [9.17, 15) is 22.8 Å². The molecule has 0 radical (unpaired) electrons. The molecule has 21 heavy (non-hydrogen) atoms. The molecule has 0 aliphatic heterocycles. The van der Waals surface area contributed by atoms with E-state index in [1.807, 2.05) is 0 Å². The van der Waals surface area contributed by atoms with Gasteiger partial charge in [-0.15, -0.1) is 13.2 Å². The van der Waals surface area contributed by atoms with Crippen LogP contribution in [-0.4, -0.2) is 25.3 Å². The Kier molecular flexibility index (Phi) is 5.34. The molecule has 0 heterocycles. The van der Waals surface area contributed by atoms with E-state index in [1.54, 1.807) is 0 Å². The van der Waals surface area contributed by atoms with E-state index in [4.69, 9.17) is 0 Å². The van der Waals surface area contributed by atoms with E-state index < -0.39 is 24.0 Å². The molecule has 0 fully saturated rings. The summed E-state index contributed by atoms with van der Waals surface area (Å²) in [6.07, 6.45) is -3.50. The Bertz CT molecular complexity index is 550. The van der Waals surface area contributed by atoms with Crippen LogP contribution < -0.4 is 10.1 Å². The zero-order valence-electron chi connectivity index (χ0n) is 11.2. The van der Waals surface area contributed by atoms with E-state index in [0.717, 1.165) is 19.2 Å². The quantitative estimate of drug-likeness (QED) is 0.684. The fourth-order valence-corrected chi connectivity index (χ4v) is 1.38. The molecule has 0 atom stereocenters. The summed E-state index contributed by atoms with van der Waals surface area (Å²) >= 11 is 0. The van der Waals surface area contributed by atoms with Crippen LogP contribution in [0.15, 0.2) is 30.0 Å². The Morgan fingerprint density at radius 1 is 1.19 bits per heavy atom. The molecule has 0 aliphatic carbocycles. The number of methoxy groups -OCH3 is 1. The number of carbonyl (C=O) groups is 2. The maximum atomic E-state index is 12.0. The highest BCUT2D eigenvalue weighted by molar-refractivity contribution is 5.97. The summed E-state index contributed by atoms with van der Waals surface area (Å²) in [7, 11) is 1.14. The minimum Gasteiger partial charge on any atom is -0.464 e. The number of benzene rings is 1. The van der Waals surface area contributed by atoms with Gasteiger partial charge < -0.3 is 14.8 Å². The van der Waals surface area contributed by atoms with Crippen LogP contribution in [0.3, 0.4) is 0 Å². The van der Waals surface area contributed by atoms with Gasteiger partial charge >= 0.3 is 12.3 Å². The number of nitrogens with one attached hydrogen (secondary N) is 1. The molecule has 0 spiro atoms. The molecule has 8 heteroatoms. The van der Waals surface area contributed by atoms with Crippen LogP contribution in [0.25, 0.3) is 6.08 Å². The van der Waals surface area contributed by atoms with Gasteiger partial charge in [0.1, 0.15) is 11.4 Å². The second-order valence-electron chi connectivity index (χ2n) is 3.85. The predicted octanol–water partition coefficient (Wildman–Crippen LogP) is 2.24. The molecule has 0 bridgehead atoms. The molecule has 1 rings (SSSR count). The van der Waals surface area contributed by atoms with E-state index >= 15 is 0 Å². The molecule has 1 amide bonds. The molecule has 0 saturated carbocycles. The highest BCUT2D eigenvalue weighted by Crippen LogP contribution is 2.23. The second kappa shape index (κ2) is 6.78. The highest BCUT2D eigenvalue weighted by atomic mass is 19.4. The minimum atomic E-state index is -4.77. The molecular formula is C13H12F3NO4. The lowest BCUT2D eigenvalue weighted by atomic mass is 10.2. The number of esters is 1. The van der Waals surface area contributed by atoms with Gasteiger partial charge in [-0.1, -0.05) is 12.1 Å². The number of hydrogen-bond acceptors (Lipinski definition) is 4. The standard InChI is InChI=1S/C13H12F3NO4/c1-8(18)17-11(12(19)20-2)7-9-3-5-10(6-4-9)21-13(14,15)16/h3-7H,1-2H3,(H,17,18)/b11-7+. The van der Waals surface area contributed by atoms with E-state index in [2.05, 4.69) is 14.8 Å². The predicted molar refractivity (Wildman–Crippen MR) is 66.9 cm³/mol. The molecule has 1 N–H and O–H groups in total. The van der Waals surface area contributed by atoms with Crippen molar-refractivity contribution in [3.63, 3.8) is 0 Å². The third-order valence-corrected chi connectivity index (χ3v) is 2.14. The van der Waals surface area contributed by atoms with Crippen molar-refractivity contribution in [1.82, 2.24) is 5.32 Å². The number of hydrogen-bond donors (Lipinski definition) is 1. The molecule has 1 aromatic carbocycles. The zero-order valence-corrected chi connectivity index (χ0v) is 11.2. The first kappa shape index (κ1) is 16.5. The van der Waals surface area contributed by atoms with Crippen LogP contribution in [0.2, 0.25) is 0 Å². The number of alkyl halides is 3. The van der Waals surface area contributed by atoms with Crippen molar-refractivity contribution in [1.29, 1.82) is 0 Å². The molecule has 0 aromatic heterocycles. The maximum Gasteiger partial charge on any atom is 0.573 e. The van der Waals surface area contributed by atoms with Crippen molar-refractivity contribution >= 4 is 18.0 Å². The molecule has 0 aliphatic rings. The van der Waals surface area contributed by atoms with E-state index in [0.29, 0.717) is 5.56 Å². The van der Waals surface area contributed by atoms with Crippen LogP contribution in [0, 0.1) is 0 Å². The first-order valence-electron chi connectivity index (χ1n) is 5.64. The van der Waals surface area contributed by atoms with Gasteiger partial charge in [-0.25, -0.2) is 4.79 Å². The van der Waals surface area contributed by atoms with Crippen LogP contribution in [-0.2, 0) is 14.3 Å². The smallest absolute Gasteiger partial charge is 0.464 e. The third-order valence-electron chi connectivity index (χ3n) is 2.14. The second-order valence-corrected chi connectivity index (χ2v) is 3.85. The number of amides is 1. The van der Waals surface area contributed by atoms with Crippen molar-refractivity contribution in [2.45, 2.75) is 13.3 Å². The summed E-state index contributed by atoms with van der Waals surface area (Å²) in [6, 6.07) is 4.77. The van der Waals surface area contributed by atoms with Gasteiger partial charge in [-0.3, -0.25) is 4.79 Å². The lowest BCUT2D eigenvalue weighted by Gasteiger charge is -2.09. The summed E-state index contributed by atoms with van der Waals surface area (Å²) in [4.78, 5) is 22.4. The number of carbonyl (C=O) groups excluding carboxylic acids is 2. The SMILES string of the molecule is COC(=O)/C(=C\c1ccc(OC(F)(F)F)cc1)NC(C)=O. The Labute approximate surface area is 118 Å². The topological polar surface area (TPSA) is 64.6 Å². The largest absolute Gasteiger partial charge is 0.573 e. The summed E-state index contributed by atoms with van der Waals surface area (Å²) < 4.78 is 44.2. The Balaban J connectivity index is 2.95. The summed E-state index contributed by atoms with van der Waals surface area (Å²) in [5.74, 6) is -1.65. The van der Waals surface area contributed by atoms with Crippen molar-refractivity contribution in [3.05, 3.63) is 35.5 Å². The molecule has 0 unspecified atom stereocenters. The monoisotopic (exact) mass is 303 g/mol. The third kappa shape index (κ3) is 5.98. The number of ether oxygens (including phenoxy) is 2. The zero-order chi connectivity index (χ0) is 16.0. The van der Waals surface area contributed by atoms with Gasteiger partial charge in [0, 0.05) is 6.92 Å². The molecule has 0 saturated heterocycles. The number of halogens is 3. The van der Waals surface area contributed by atoms with Gasteiger partial charge in [-0.2, -0.15) is 0 Å². The van der Waals surface area contributed by atoms with Gasteiger partial charge in [-0.05, 0) is 23.8 Å². The van der Waals surface area contributed by atoms with Gasteiger partial charge in [0.2, 0.25) is 5.91 Å². The normalized spacial score (nSPS) is 11.8. The fourth-order valence-electron chi connectivity index (χ4n) is 1.38. The Hall–Kier alpha value is -2.51. The van der Waals surface area contributed by atoms with Crippen molar-refractivity contribution in [3.8, 4) is 5.75 Å². The summed E-state index contributed by atoms with van der Waals surface area (Å²) in [6.45, 7) is 1.21. The van der Waals surface area contributed by atoms with Gasteiger partial charge in [0.15, 0.2) is 0 Å². The minimum absolute atomic E-state index is 0.130. The van der Waals surface area contributed by atoms with Crippen LogP contribution in [0.5, 0.6) is 5.75 Å². The van der Waals surface area contributed by atoms with Crippen LogP contribution in [0.1, 0.15) is 12.5 Å².